The Morgan fingerprint density at radius 3 is 2.86 bits per heavy atom. The van der Waals surface area contributed by atoms with Crippen LogP contribution in [0.3, 0.4) is 0 Å². The zero-order valence-corrected chi connectivity index (χ0v) is 7.64. The van der Waals surface area contributed by atoms with Crippen LogP contribution in [0.5, 0.6) is 0 Å². The van der Waals surface area contributed by atoms with Gasteiger partial charge in [-0.15, -0.1) is 0 Å². The van der Waals surface area contributed by atoms with Crippen molar-refractivity contribution in [3.63, 3.8) is 0 Å². The molecule has 0 aliphatic heterocycles. The van der Waals surface area contributed by atoms with E-state index in [1.807, 2.05) is 18.2 Å². The molecule has 0 amide bonds. The van der Waals surface area contributed by atoms with Gasteiger partial charge in [0.05, 0.1) is 12.4 Å². The summed E-state index contributed by atoms with van der Waals surface area (Å²) >= 11 is 0. The second-order valence-electron chi connectivity index (χ2n) is 2.49. The van der Waals surface area contributed by atoms with Crippen molar-refractivity contribution in [3.8, 4) is 6.07 Å². The number of hydrogen-bond donors (Lipinski definition) is 2. The first-order chi connectivity index (χ1) is 6.86. The third-order valence-corrected chi connectivity index (χ3v) is 1.47. The molecule has 72 valence electrons. The summed E-state index contributed by atoms with van der Waals surface area (Å²) in [6.07, 6.45) is 6.70. The maximum atomic E-state index is 8.48. The molecule has 0 aromatic carbocycles. The largest absolute Gasteiger partial charge is 0.365 e. The normalized spacial score (nSPS) is 10.0. The van der Waals surface area contributed by atoms with Crippen LogP contribution in [0.1, 0.15) is 5.69 Å². The fraction of sp³-hybridized carbons (Fsp3) is 0.222. The van der Waals surface area contributed by atoms with Crippen LogP contribution in [0.2, 0.25) is 0 Å². The highest BCUT2D eigenvalue weighted by atomic mass is 15.0. The van der Waals surface area contributed by atoms with Gasteiger partial charge in [-0.2, -0.15) is 5.26 Å². The third-order valence-electron chi connectivity index (χ3n) is 1.47. The summed E-state index contributed by atoms with van der Waals surface area (Å²) in [5, 5.41) is 11.5. The van der Waals surface area contributed by atoms with Gasteiger partial charge < -0.3 is 11.1 Å². The summed E-state index contributed by atoms with van der Waals surface area (Å²) in [4.78, 5) is 7.85. The van der Waals surface area contributed by atoms with Crippen LogP contribution in [-0.2, 0) is 0 Å². The first-order valence-electron chi connectivity index (χ1n) is 4.18. The van der Waals surface area contributed by atoms with E-state index < -0.39 is 0 Å². The van der Waals surface area contributed by atoms with E-state index >= 15 is 0 Å². The van der Waals surface area contributed by atoms with Gasteiger partial charge in [0.15, 0.2) is 5.69 Å². The molecule has 5 nitrogen and oxygen atoms in total. The zero-order chi connectivity index (χ0) is 10.2. The highest BCUT2D eigenvalue weighted by molar-refractivity contribution is 5.33. The third kappa shape index (κ3) is 3.21. The van der Waals surface area contributed by atoms with E-state index in [1.165, 1.54) is 12.4 Å². The second kappa shape index (κ2) is 5.67. The Morgan fingerprint density at radius 2 is 2.29 bits per heavy atom. The molecule has 0 spiro atoms. The van der Waals surface area contributed by atoms with Crippen molar-refractivity contribution in [2.45, 2.75) is 0 Å². The summed E-state index contributed by atoms with van der Waals surface area (Å²) in [5.41, 5.74) is 5.58. The molecule has 0 aliphatic carbocycles. The molecule has 1 aromatic heterocycles. The number of aromatic nitrogens is 2. The zero-order valence-electron chi connectivity index (χ0n) is 7.64. The Kier molecular flexibility index (Phi) is 4.11. The van der Waals surface area contributed by atoms with E-state index in [0.717, 1.165) is 0 Å². The molecule has 0 saturated heterocycles. The standard InChI is InChI=1S/C9H11N5/c10-3-1-2-4-12-9-7-13-8(5-11)6-14-9/h1-2,6-7H,3-4,10H2,(H,12,14)/b2-1+. The number of rotatable bonds is 4. The fourth-order valence-electron chi connectivity index (χ4n) is 0.820. The van der Waals surface area contributed by atoms with Gasteiger partial charge in [0, 0.05) is 13.1 Å². The molecule has 0 radical (unpaired) electrons. The molecule has 1 aromatic rings. The summed E-state index contributed by atoms with van der Waals surface area (Å²) in [6.45, 7) is 1.18. The second-order valence-corrected chi connectivity index (χ2v) is 2.49. The summed E-state index contributed by atoms with van der Waals surface area (Å²) in [5.74, 6) is 0.644. The van der Waals surface area contributed by atoms with Crippen LogP contribution in [0.4, 0.5) is 5.82 Å². The Morgan fingerprint density at radius 1 is 1.43 bits per heavy atom. The van der Waals surface area contributed by atoms with Gasteiger partial charge in [-0.05, 0) is 0 Å². The predicted molar refractivity (Wildman–Crippen MR) is 53.4 cm³/mol. The number of nitrogens with zero attached hydrogens (tertiary/aromatic N) is 3. The van der Waals surface area contributed by atoms with Crippen molar-refractivity contribution in [2.24, 2.45) is 5.73 Å². The molecular weight excluding hydrogens is 178 g/mol. The van der Waals surface area contributed by atoms with E-state index in [9.17, 15) is 0 Å². The summed E-state index contributed by atoms with van der Waals surface area (Å²) in [7, 11) is 0. The lowest BCUT2D eigenvalue weighted by atomic mass is 10.4. The van der Waals surface area contributed by atoms with Gasteiger partial charge in [-0.1, -0.05) is 12.2 Å². The highest BCUT2D eigenvalue weighted by Crippen LogP contribution is 1.98. The van der Waals surface area contributed by atoms with Crippen LogP contribution >= 0.6 is 0 Å². The number of anilines is 1. The van der Waals surface area contributed by atoms with Crippen molar-refractivity contribution < 1.29 is 0 Å². The van der Waals surface area contributed by atoms with Crippen molar-refractivity contribution in [3.05, 3.63) is 30.2 Å². The molecule has 0 atom stereocenters. The number of nitriles is 1. The molecule has 0 bridgehead atoms. The lowest BCUT2D eigenvalue weighted by Gasteiger charge is -2.00. The van der Waals surface area contributed by atoms with E-state index in [1.54, 1.807) is 0 Å². The quantitative estimate of drug-likeness (QED) is 0.664. The van der Waals surface area contributed by atoms with Gasteiger partial charge in [0.1, 0.15) is 11.9 Å². The van der Waals surface area contributed by atoms with Crippen molar-refractivity contribution in [1.82, 2.24) is 9.97 Å². The molecule has 0 aliphatic rings. The Hall–Kier alpha value is -1.93. The van der Waals surface area contributed by atoms with Gasteiger partial charge >= 0.3 is 0 Å². The Balaban J connectivity index is 2.45. The smallest absolute Gasteiger partial charge is 0.158 e. The topological polar surface area (TPSA) is 87.6 Å². The Labute approximate surface area is 82.3 Å². The van der Waals surface area contributed by atoms with Gasteiger partial charge in [0.25, 0.3) is 0 Å². The van der Waals surface area contributed by atoms with Crippen LogP contribution in [0.25, 0.3) is 0 Å². The van der Waals surface area contributed by atoms with Gasteiger partial charge in [-0.25, -0.2) is 9.97 Å². The maximum absolute atomic E-state index is 8.48. The first-order valence-corrected chi connectivity index (χ1v) is 4.18. The molecule has 1 rings (SSSR count). The Bertz CT molecular complexity index is 335. The SMILES string of the molecule is N#Cc1cnc(NC/C=C/CN)cn1. The molecule has 0 saturated carbocycles. The van der Waals surface area contributed by atoms with Crippen LogP contribution in [0.15, 0.2) is 24.5 Å². The number of hydrogen-bond acceptors (Lipinski definition) is 5. The monoisotopic (exact) mass is 189 g/mol. The highest BCUT2D eigenvalue weighted by Gasteiger charge is 1.93. The minimum absolute atomic E-state index is 0.313. The molecule has 3 N–H and O–H groups in total. The summed E-state index contributed by atoms with van der Waals surface area (Å²) in [6, 6.07) is 1.90. The first kappa shape index (κ1) is 10.2. The molecule has 0 unspecified atom stereocenters. The summed E-state index contributed by atoms with van der Waals surface area (Å²) < 4.78 is 0. The maximum Gasteiger partial charge on any atom is 0.158 e. The lowest BCUT2D eigenvalue weighted by Crippen LogP contribution is -2.02. The number of nitrogens with one attached hydrogen (secondary N) is 1. The number of nitrogens with two attached hydrogens (primary N) is 1. The minimum Gasteiger partial charge on any atom is -0.365 e. The molecule has 1 heterocycles. The van der Waals surface area contributed by atoms with E-state index in [4.69, 9.17) is 11.0 Å². The van der Waals surface area contributed by atoms with Crippen LogP contribution in [0, 0.1) is 11.3 Å². The molecule has 14 heavy (non-hydrogen) atoms. The van der Waals surface area contributed by atoms with Gasteiger partial charge in [0.2, 0.25) is 0 Å². The van der Waals surface area contributed by atoms with Crippen molar-refractivity contribution >= 4 is 5.82 Å². The van der Waals surface area contributed by atoms with E-state index in [-0.39, 0.29) is 0 Å². The average molecular weight is 189 g/mol. The van der Waals surface area contributed by atoms with E-state index in [2.05, 4.69) is 15.3 Å². The van der Waals surface area contributed by atoms with Gasteiger partial charge in [-0.3, -0.25) is 0 Å². The fourth-order valence-corrected chi connectivity index (χ4v) is 0.820. The predicted octanol–water partition coefficient (Wildman–Crippen LogP) is 0.275. The van der Waals surface area contributed by atoms with Crippen molar-refractivity contribution in [2.75, 3.05) is 18.4 Å². The lowest BCUT2D eigenvalue weighted by molar-refractivity contribution is 1.13. The van der Waals surface area contributed by atoms with E-state index in [0.29, 0.717) is 24.6 Å². The molecule has 0 fully saturated rings. The van der Waals surface area contributed by atoms with Crippen LogP contribution < -0.4 is 11.1 Å². The molecule has 5 heteroatoms. The molecular formula is C9H11N5. The van der Waals surface area contributed by atoms with Crippen molar-refractivity contribution in [1.29, 1.82) is 5.26 Å². The average Bonchev–Trinajstić information content (AvgIpc) is 2.25. The minimum atomic E-state index is 0.313. The van der Waals surface area contributed by atoms with Crippen LogP contribution in [-0.4, -0.2) is 23.1 Å².